The van der Waals surface area contributed by atoms with Gasteiger partial charge in [-0.05, 0) is 88.6 Å². The molecule has 0 bridgehead atoms. The van der Waals surface area contributed by atoms with Gasteiger partial charge < -0.3 is 4.74 Å². The molecule has 2 heterocycles. The molecule has 2 nitrogen and oxygen atoms in total. The molecule has 0 aliphatic carbocycles. The fraction of sp³-hybridized carbons (Fsp3) is 0.320. The van der Waals surface area contributed by atoms with Crippen molar-refractivity contribution >= 4 is 15.9 Å². The van der Waals surface area contributed by atoms with E-state index in [9.17, 15) is 0 Å². The van der Waals surface area contributed by atoms with Gasteiger partial charge in [-0.25, -0.2) is 4.98 Å². The maximum atomic E-state index is 6.24. The molecule has 1 aliphatic heterocycles. The van der Waals surface area contributed by atoms with E-state index >= 15 is 0 Å². The highest BCUT2D eigenvalue weighted by molar-refractivity contribution is 9.10. The standard InChI is InChI=1S/C22H20BrNO.C3H8/c1-14-5-3-6-15(2)22(14)17-8-4-7-16(13-17)19-10-9-18-20(25-19)11-12-21(23)24-18;1-3-2/h3-8,11-13,19H,9-10H2,1-2H3;3H2,1-2H3. The van der Waals surface area contributed by atoms with Crippen molar-refractivity contribution in [2.75, 3.05) is 0 Å². The van der Waals surface area contributed by atoms with Gasteiger partial charge >= 0.3 is 0 Å². The van der Waals surface area contributed by atoms with Gasteiger partial charge in [0.2, 0.25) is 0 Å². The van der Waals surface area contributed by atoms with Gasteiger partial charge in [0.1, 0.15) is 16.5 Å². The van der Waals surface area contributed by atoms with Crippen LogP contribution in [0, 0.1) is 13.8 Å². The summed E-state index contributed by atoms with van der Waals surface area (Å²) in [6.45, 7) is 8.60. The number of rotatable bonds is 2. The number of hydrogen-bond donors (Lipinski definition) is 0. The van der Waals surface area contributed by atoms with Crippen molar-refractivity contribution in [3.63, 3.8) is 0 Å². The van der Waals surface area contributed by atoms with Gasteiger partial charge in [-0.2, -0.15) is 0 Å². The minimum atomic E-state index is 0.0831. The molecule has 0 saturated heterocycles. The van der Waals surface area contributed by atoms with Crippen LogP contribution in [0.2, 0.25) is 0 Å². The summed E-state index contributed by atoms with van der Waals surface area (Å²) in [5.41, 5.74) is 7.47. The van der Waals surface area contributed by atoms with Crippen molar-refractivity contribution in [1.29, 1.82) is 0 Å². The molecule has 0 N–H and O–H groups in total. The second kappa shape index (κ2) is 9.38. The van der Waals surface area contributed by atoms with Gasteiger partial charge in [0.05, 0.1) is 5.69 Å². The van der Waals surface area contributed by atoms with E-state index in [-0.39, 0.29) is 6.10 Å². The largest absolute Gasteiger partial charge is 0.484 e. The second-order valence-corrected chi connectivity index (χ2v) is 8.14. The van der Waals surface area contributed by atoms with Crippen molar-refractivity contribution in [1.82, 2.24) is 4.98 Å². The quantitative estimate of drug-likeness (QED) is 0.384. The molecule has 3 heteroatoms. The zero-order valence-electron chi connectivity index (χ0n) is 17.1. The van der Waals surface area contributed by atoms with Crippen molar-refractivity contribution in [3.05, 3.63) is 81.6 Å². The SMILES string of the molecule is CCC.Cc1cccc(C)c1-c1cccc(C2CCc3nc(Br)ccc3O2)c1. The predicted molar refractivity (Wildman–Crippen MR) is 121 cm³/mol. The molecule has 0 fully saturated rings. The summed E-state index contributed by atoms with van der Waals surface area (Å²) in [7, 11) is 0. The molecule has 3 aromatic rings. The number of aryl methyl sites for hydroxylation is 3. The molecule has 0 amide bonds. The van der Waals surface area contributed by atoms with E-state index in [4.69, 9.17) is 4.74 Å². The number of ether oxygens (including phenoxy) is 1. The maximum Gasteiger partial charge on any atom is 0.141 e. The van der Waals surface area contributed by atoms with Gasteiger partial charge in [0.15, 0.2) is 0 Å². The van der Waals surface area contributed by atoms with Crippen LogP contribution in [0.4, 0.5) is 0 Å². The number of hydrogen-bond acceptors (Lipinski definition) is 2. The summed E-state index contributed by atoms with van der Waals surface area (Å²) >= 11 is 3.43. The second-order valence-electron chi connectivity index (χ2n) is 7.32. The van der Waals surface area contributed by atoms with Crippen LogP contribution in [0.15, 0.2) is 59.2 Å². The molecule has 0 spiro atoms. The van der Waals surface area contributed by atoms with Crippen LogP contribution >= 0.6 is 15.9 Å². The molecule has 4 rings (SSSR count). The topological polar surface area (TPSA) is 22.1 Å². The molecule has 1 aromatic heterocycles. The maximum absolute atomic E-state index is 6.24. The minimum absolute atomic E-state index is 0.0831. The Hall–Kier alpha value is -2.13. The number of fused-ring (bicyclic) bond motifs is 1. The Kier molecular flexibility index (Phi) is 6.90. The summed E-state index contributed by atoms with van der Waals surface area (Å²) in [5, 5.41) is 0. The first-order valence-electron chi connectivity index (χ1n) is 10.0. The highest BCUT2D eigenvalue weighted by Crippen LogP contribution is 2.36. The van der Waals surface area contributed by atoms with Crippen molar-refractivity contribution in [2.24, 2.45) is 0 Å². The van der Waals surface area contributed by atoms with Crippen molar-refractivity contribution in [3.8, 4) is 16.9 Å². The average molecular weight is 438 g/mol. The average Bonchev–Trinajstić information content (AvgIpc) is 2.68. The molecule has 28 heavy (non-hydrogen) atoms. The van der Waals surface area contributed by atoms with Crippen LogP contribution < -0.4 is 4.74 Å². The third kappa shape index (κ3) is 4.64. The Balaban J connectivity index is 0.000000706. The van der Waals surface area contributed by atoms with E-state index in [1.807, 2.05) is 12.1 Å². The Morgan fingerprint density at radius 1 is 1.00 bits per heavy atom. The molecule has 146 valence electrons. The minimum Gasteiger partial charge on any atom is -0.484 e. The zero-order valence-corrected chi connectivity index (χ0v) is 18.7. The molecule has 1 atom stereocenters. The zero-order chi connectivity index (χ0) is 20.1. The normalized spacial score (nSPS) is 15.1. The van der Waals surface area contributed by atoms with Crippen molar-refractivity contribution < 1.29 is 4.74 Å². The first-order chi connectivity index (χ1) is 13.5. The number of halogens is 1. The lowest BCUT2D eigenvalue weighted by atomic mass is 9.92. The fourth-order valence-electron chi connectivity index (χ4n) is 3.63. The van der Waals surface area contributed by atoms with Crippen molar-refractivity contribution in [2.45, 2.75) is 53.1 Å². The number of pyridine rings is 1. The number of aromatic nitrogens is 1. The summed E-state index contributed by atoms with van der Waals surface area (Å²) in [5.74, 6) is 0.900. The Bertz CT molecular complexity index is 931. The lowest BCUT2D eigenvalue weighted by Gasteiger charge is -2.26. The lowest BCUT2D eigenvalue weighted by molar-refractivity contribution is 0.174. The molecular weight excluding hydrogens is 410 g/mol. The Labute approximate surface area is 177 Å². The smallest absolute Gasteiger partial charge is 0.141 e. The molecular formula is C25H28BrNO. The van der Waals surface area contributed by atoms with E-state index in [1.165, 1.54) is 34.2 Å². The molecule has 2 aromatic carbocycles. The summed E-state index contributed by atoms with van der Waals surface area (Å²) < 4.78 is 7.11. The predicted octanol–water partition coefficient (Wildman–Crippen LogP) is 7.61. The van der Waals surface area contributed by atoms with Crippen LogP contribution in [0.1, 0.15) is 55.2 Å². The monoisotopic (exact) mass is 437 g/mol. The highest BCUT2D eigenvalue weighted by Gasteiger charge is 2.23. The Morgan fingerprint density at radius 3 is 2.39 bits per heavy atom. The Morgan fingerprint density at radius 2 is 1.68 bits per heavy atom. The summed E-state index contributed by atoms with van der Waals surface area (Å²) in [6.07, 6.45) is 3.22. The summed E-state index contributed by atoms with van der Waals surface area (Å²) in [4.78, 5) is 4.52. The van der Waals surface area contributed by atoms with Crippen LogP contribution in [0.3, 0.4) is 0 Å². The van der Waals surface area contributed by atoms with E-state index in [0.717, 1.165) is 28.9 Å². The number of benzene rings is 2. The van der Waals surface area contributed by atoms with E-state index in [0.29, 0.717) is 0 Å². The van der Waals surface area contributed by atoms with Crippen LogP contribution in [0.5, 0.6) is 5.75 Å². The fourth-order valence-corrected chi connectivity index (χ4v) is 3.97. The molecule has 1 aliphatic rings. The first-order valence-corrected chi connectivity index (χ1v) is 10.8. The van der Waals surface area contributed by atoms with Crippen LogP contribution in [-0.2, 0) is 6.42 Å². The lowest BCUT2D eigenvalue weighted by Crippen LogP contribution is -2.16. The van der Waals surface area contributed by atoms with Crippen LogP contribution in [0.25, 0.3) is 11.1 Å². The van der Waals surface area contributed by atoms with Gasteiger partial charge in [0, 0.05) is 0 Å². The highest BCUT2D eigenvalue weighted by atomic mass is 79.9. The third-order valence-electron chi connectivity index (χ3n) is 4.84. The molecule has 1 unspecified atom stereocenters. The van der Waals surface area contributed by atoms with Crippen LogP contribution in [-0.4, -0.2) is 4.98 Å². The van der Waals surface area contributed by atoms with Gasteiger partial charge in [-0.3, -0.25) is 0 Å². The van der Waals surface area contributed by atoms with Gasteiger partial charge in [-0.15, -0.1) is 0 Å². The molecule has 0 radical (unpaired) electrons. The molecule has 0 saturated carbocycles. The first kappa shape index (κ1) is 20.6. The van der Waals surface area contributed by atoms with E-state index in [1.54, 1.807) is 0 Å². The van der Waals surface area contributed by atoms with Gasteiger partial charge in [0.25, 0.3) is 0 Å². The third-order valence-corrected chi connectivity index (χ3v) is 5.28. The number of nitrogens with zero attached hydrogens (tertiary/aromatic N) is 1. The summed E-state index contributed by atoms with van der Waals surface area (Å²) in [6, 6.07) is 19.2. The van der Waals surface area contributed by atoms with Gasteiger partial charge in [-0.1, -0.05) is 56.7 Å². The van der Waals surface area contributed by atoms with E-state index in [2.05, 4.69) is 91.1 Å². The van der Waals surface area contributed by atoms with E-state index < -0.39 is 0 Å².